The van der Waals surface area contributed by atoms with Gasteiger partial charge in [0.1, 0.15) is 0 Å². The van der Waals surface area contributed by atoms with Gasteiger partial charge in [0.25, 0.3) is 0 Å². The van der Waals surface area contributed by atoms with Crippen molar-refractivity contribution < 1.29 is 14.7 Å². The molecule has 0 radical (unpaired) electrons. The van der Waals surface area contributed by atoms with Crippen molar-refractivity contribution in [1.29, 1.82) is 0 Å². The van der Waals surface area contributed by atoms with Crippen LogP contribution in [0.5, 0.6) is 0 Å². The summed E-state index contributed by atoms with van der Waals surface area (Å²) in [6, 6.07) is 7.20. The van der Waals surface area contributed by atoms with Crippen molar-refractivity contribution in [1.82, 2.24) is 10.2 Å². The van der Waals surface area contributed by atoms with Crippen LogP contribution >= 0.6 is 0 Å². The number of carboxylic acids is 1. The monoisotopic (exact) mass is 276 g/mol. The van der Waals surface area contributed by atoms with Crippen LogP contribution in [0.2, 0.25) is 0 Å². The molecule has 20 heavy (non-hydrogen) atoms. The molecule has 1 atom stereocenters. The normalized spacial score (nSPS) is 11.4. The quantitative estimate of drug-likeness (QED) is 0.593. The van der Waals surface area contributed by atoms with Crippen LogP contribution in [-0.2, 0) is 4.79 Å². The van der Waals surface area contributed by atoms with Crippen molar-refractivity contribution in [3.63, 3.8) is 0 Å². The summed E-state index contributed by atoms with van der Waals surface area (Å²) in [6.45, 7) is 4.17. The van der Waals surface area contributed by atoms with Crippen molar-refractivity contribution in [2.24, 2.45) is 0 Å². The molecule has 0 aliphatic rings. The Balaban J connectivity index is 2.64. The number of nitrogens with zero attached hydrogens (tertiary/aromatic N) is 1. The van der Waals surface area contributed by atoms with Crippen LogP contribution in [0.4, 0.5) is 4.79 Å². The average molecular weight is 276 g/mol. The second-order valence-corrected chi connectivity index (χ2v) is 4.48. The molecule has 0 aliphatic carbocycles. The van der Waals surface area contributed by atoms with E-state index in [0.29, 0.717) is 12.1 Å². The van der Waals surface area contributed by atoms with Gasteiger partial charge >= 0.3 is 12.0 Å². The fraction of sp³-hybridized carbons (Fsp3) is 0.333. The molecule has 5 nitrogen and oxygen atoms in total. The summed E-state index contributed by atoms with van der Waals surface area (Å²) in [4.78, 5) is 24.7. The Hall–Kier alpha value is -2.30. The van der Waals surface area contributed by atoms with Gasteiger partial charge in [-0.2, -0.15) is 0 Å². The Morgan fingerprint density at radius 3 is 2.60 bits per heavy atom. The number of nitrogens with one attached hydrogen (secondary N) is 1. The van der Waals surface area contributed by atoms with E-state index >= 15 is 0 Å². The van der Waals surface area contributed by atoms with Gasteiger partial charge in [-0.15, -0.1) is 6.58 Å². The molecule has 0 spiro atoms. The maximum absolute atomic E-state index is 12.0. The molecular formula is C15H20N2O3. The maximum atomic E-state index is 12.0. The number of urea groups is 1. The topological polar surface area (TPSA) is 69.6 Å². The molecule has 1 rings (SSSR count). The number of rotatable bonds is 7. The number of carbonyl (C=O) groups excluding carboxylic acids is 1. The summed E-state index contributed by atoms with van der Waals surface area (Å²) >= 11 is 0. The first-order valence-corrected chi connectivity index (χ1v) is 6.46. The molecule has 0 unspecified atom stereocenters. The zero-order valence-corrected chi connectivity index (χ0v) is 11.6. The third-order valence-electron chi connectivity index (χ3n) is 2.90. The minimum absolute atomic E-state index is 0.398. The molecule has 0 fully saturated rings. The Bertz CT molecular complexity index is 459. The molecule has 5 heteroatoms. The lowest BCUT2D eigenvalue weighted by atomic mass is 10.1. The van der Waals surface area contributed by atoms with Crippen LogP contribution in [0.3, 0.4) is 0 Å². The predicted molar refractivity (Wildman–Crippen MR) is 77.4 cm³/mol. The number of allylic oxidation sites excluding steroid dienone is 1. The first kappa shape index (κ1) is 15.8. The smallest absolute Gasteiger partial charge is 0.330 e. The summed E-state index contributed by atoms with van der Waals surface area (Å²) < 4.78 is 0. The van der Waals surface area contributed by atoms with Gasteiger partial charge in [0.15, 0.2) is 6.04 Å². The molecular weight excluding hydrogens is 256 g/mol. The van der Waals surface area contributed by atoms with Crippen molar-refractivity contribution in [2.75, 3.05) is 13.6 Å². The summed E-state index contributed by atoms with van der Waals surface area (Å²) in [6.07, 6.45) is 3.41. The van der Waals surface area contributed by atoms with E-state index in [2.05, 4.69) is 11.9 Å². The standard InChI is InChI=1S/C15H20N2O3/c1-3-4-8-11-17(2)15(20)16-13(14(18)19)12-9-6-5-7-10-12/h3,5-7,9-10,13H,1,4,8,11H2,2H3,(H,16,20)(H,18,19)/t13-/m1/s1. The Morgan fingerprint density at radius 1 is 1.40 bits per heavy atom. The Labute approximate surface area is 118 Å². The van der Waals surface area contributed by atoms with Crippen LogP contribution < -0.4 is 5.32 Å². The second-order valence-electron chi connectivity index (χ2n) is 4.48. The largest absolute Gasteiger partial charge is 0.479 e. The number of carboxylic acid groups (broad SMARTS) is 1. The first-order chi connectivity index (χ1) is 9.56. The van der Waals surface area contributed by atoms with E-state index in [-0.39, 0.29) is 0 Å². The summed E-state index contributed by atoms with van der Waals surface area (Å²) in [5, 5.41) is 11.7. The van der Waals surface area contributed by atoms with Crippen LogP contribution in [0.25, 0.3) is 0 Å². The summed E-state index contributed by atoms with van der Waals surface area (Å²) in [5.74, 6) is -1.08. The van der Waals surface area contributed by atoms with Gasteiger partial charge in [-0.1, -0.05) is 36.4 Å². The van der Waals surface area contributed by atoms with Gasteiger partial charge in [-0.05, 0) is 18.4 Å². The zero-order valence-electron chi connectivity index (χ0n) is 11.6. The zero-order chi connectivity index (χ0) is 15.0. The molecule has 2 amide bonds. The molecule has 0 aliphatic heterocycles. The van der Waals surface area contributed by atoms with Crippen molar-refractivity contribution in [3.8, 4) is 0 Å². The van der Waals surface area contributed by atoms with Crippen LogP contribution in [0.1, 0.15) is 24.4 Å². The number of hydrogen-bond acceptors (Lipinski definition) is 2. The van der Waals surface area contributed by atoms with Crippen LogP contribution in [-0.4, -0.2) is 35.6 Å². The first-order valence-electron chi connectivity index (χ1n) is 6.46. The third kappa shape index (κ3) is 4.76. The van der Waals surface area contributed by atoms with Gasteiger partial charge in [0.05, 0.1) is 0 Å². The van der Waals surface area contributed by atoms with Crippen LogP contribution in [0.15, 0.2) is 43.0 Å². The number of unbranched alkanes of at least 4 members (excludes halogenated alkanes) is 1. The number of aliphatic carboxylic acids is 1. The van der Waals surface area contributed by atoms with Gasteiger partial charge in [-0.25, -0.2) is 9.59 Å². The lowest BCUT2D eigenvalue weighted by Crippen LogP contribution is -2.42. The minimum Gasteiger partial charge on any atom is -0.479 e. The predicted octanol–water partition coefficient (Wildman–Crippen LogP) is 2.42. The Kier molecular flexibility index (Phi) is 6.29. The van der Waals surface area contributed by atoms with Gasteiger partial charge < -0.3 is 15.3 Å². The van der Waals surface area contributed by atoms with E-state index < -0.39 is 18.0 Å². The number of carbonyl (C=O) groups is 2. The maximum Gasteiger partial charge on any atom is 0.330 e. The summed E-state index contributed by atoms with van der Waals surface area (Å²) in [5.41, 5.74) is 0.549. The third-order valence-corrected chi connectivity index (χ3v) is 2.90. The fourth-order valence-corrected chi connectivity index (χ4v) is 1.74. The second kappa shape index (κ2) is 7.99. The van der Waals surface area contributed by atoms with Gasteiger partial charge in [0, 0.05) is 13.6 Å². The average Bonchev–Trinajstić information content (AvgIpc) is 2.45. The highest BCUT2D eigenvalue weighted by Crippen LogP contribution is 2.13. The lowest BCUT2D eigenvalue weighted by Gasteiger charge is -2.21. The van der Waals surface area contributed by atoms with Crippen molar-refractivity contribution >= 4 is 12.0 Å². The molecule has 0 saturated carbocycles. The SMILES string of the molecule is C=CCCCN(C)C(=O)N[C@@H](C(=O)O)c1ccccc1. The van der Waals surface area contributed by atoms with E-state index in [1.165, 1.54) is 4.90 Å². The van der Waals surface area contributed by atoms with Crippen molar-refractivity contribution in [2.45, 2.75) is 18.9 Å². The van der Waals surface area contributed by atoms with E-state index in [0.717, 1.165) is 12.8 Å². The fourth-order valence-electron chi connectivity index (χ4n) is 1.74. The molecule has 0 heterocycles. The Morgan fingerprint density at radius 2 is 2.05 bits per heavy atom. The molecule has 0 saturated heterocycles. The molecule has 1 aromatic rings. The van der Waals surface area contributed by atoms with Crippen LogP contribution in [0, 0.1) is 0 Å². The molecule has 1 aromatic carbocycles. The van der Waals surface area contributed by atoms with E-state index in [1.54, 1.807) is 43.5 Å². The number of hydrogen-bond donors (Lipinski definition) is 2. The molecule has 0 aromatic heterocycles. The van der Waals surface area contributed by atoms with Gasteiger partial charge in [0.2, 0.25) is 0 Å². The van der Waals surface area contributed by atoms with E-state index in [1.807, 2.05) is 0 Å². The highest BCUT2D eigenvalue weighted by molar-refractivity contribution is 5.83. The molecule has 108 valence electrons. The number of amides is 2. The van der Waals surface area contributed by atoms with Gasteiger partial charge in [-0.3, -0.25) is 0 Å². The highest BCUT2D eigenvalue weighted by Gasteiger charge is 2.23. The number of benzene rings is 1. The van der Waals surface area contributed by atoms with E-state index in [9.17, 15) is 14.7 Å². The minimum atomic E-state index is -1.08. The molecule has 0 bridgehead atoms. The van der Waals surface area contributed by atoms with E-state index in [4.69, 9.17) is 0 Å². The molecule has 2 N–H and O–H groups in total. The van der Waals surface area contributed by atoms with Crippen molar-refractivity contribution in [3.05, 3.63) is 48.6 Å². The highest BCUT2D eigenvalue weighted by atomic mass is 16.4. The summed E-state index contributed by atoms with van der Waals surface area (Å²) in [7, 11) is 1.64. The lowest BCUT2D eigenvalue weighted by molar-refractivity contribution is -0.139.